The topological polar surface area (TPSA) is 94.1 Å². The second-order valence-corrected chi connectivity index (χ2v) is 4.31. The van der Waals surface area contributed by atoms with E-state index in [9.17, 15) is 4.79 Å². The number of furan rings is 1. The van der Waals surface area contributed by atoms with Crippen LogP contribution in [0.1, 0.15) is 21.8 Å². The molecule has 0 spiro atoms. The summed E-state index contributed by atoms with van der Waals surface area (Å²) < 4.78 is 10.2. The lowest BCUT2D eigenvalue weighted by Gasteiger charge is -2.06. The van der Waals surface area contributed by atoms with E-state index in [2.05, 4.69) is 20.4 Å². The Morgan fingerprint density at radius 3 is 2.90 bits per heavy atom. The first kappa shape index (κ1) is 13.0. The molecule has 0 unspecified atom stereocenters. The molecule has 3 rings (SSSR count). The van der Waals surface area contributed by atoms with E-state index in [0.29, 0.717) is 28.5 Å². The third-order valence-electron chi connectivity index (χ3n) is 2.94. The molecule has 7 nitrogen and oxygen atoms in total. The third kappa shape index (κ3) is 2.66. The minimum absolute atomic E-state index is 0.229. The minimum atomic E-state index is -0.273. The van der Waals surface area contributed by atoms with Crippen LogP contribution < -0.4 is 5.32 Å². The van der Waals surface area contributed by atoms with Gasteiger partial charge < -0.3 is 14.3 Å². The maximum atomic E-state index is 12.0. The van der Waals surface area contributed by atoms with E-state index >= 15 is 0 Å². The van der Waals surface area contributed by atoms with Gasteiger partial charge in [-0.05, 0) is 19.1 Å². The van der Waals surface area contributed by atoms with Gasteiger partial charge in [-0.1, -0.05) is 5.16 Å². The molecule has 3 aromatic rings. The monoisotopic (exact) mass is 284 g/mol. The van der Waals surface area contributed by atoms with Crippen molar-refractivity contribution in [3.63, 3.8) is 0 Å². The summed E-state index contributed by atoms with van der Waals surface area (Å²) in [7, 11) is 0. The van der Waals surface area contributed by atoms with Crippen molar-refractivity contribution in [2.24, 2.45) is 0 Å². The number of hydrogen-bond acceptors (Lipinski definition) is 6. The molecule has 106 valence electrons. The molecule has 0 aliphatic rings. The molecule has 21 heavy (non-hydrogen) atoms. The Morgan fingerprint density at radius 2 is 2.19 bits per heavy atom. The van der Waals surface area contributed by atoms with E-state index in [4.69, 9.17) is 8.94 Å². The van der Waals surface area contributed by atoms with Crippen molar-refractivity contribution in [3.8, 4) is 11.5 Å². The van der Waals surface area contributed by atoms with Gasteiger partial charge in [0.15, 0.2) is 5.76 Å². The van der Waals surface area contributed by atoms with Crippen LogP contribution in [-0.2, 0) is 6.54 Å². The highest BCUT2D eigenvalue weighted by Crippen LogP contribution is 2.19. The van der Waals surface area contributed by atoms with Gasteiger partial charge in [0.25, 0.3) is 5.91 Å². The Morgan fingerprint density at radius 1 is 1.33 bits per heavy atom. The van der Waals surface area contributed by atoms with Gasteiger partial charge in [-0.3, -0.25) is 9.78 Å². The van der Waals surface area contributed by atoms with Gasteiger partial charge in [0.05, 0.1) is 24.7 Å². The maximum absolute atomic E-state index is 12.0. The van der Waals surface area contributed by atoms with Crippen molar-refractivity contribution in [2.75, 3.05) is 0 Å². The summed E-state index contributed by atoms with van der Waals surface area (Å²) in [6.07, 6.45) is 6.09. The van der Waals surface area contributed by atoms with Crippen molar-refractivity contribution in [2.45, 2.75) is 13.5 Å². The van der Waals surface area contributed by atoms with E-state index < -0.39 is 0 Å². The van der Waals surface area contributed by atoms with Crippen LogP contribution in [0.5, 0.6) is 0 Å². The average Bonchev–Trinajstić information content (AvgIpc) is 3.16. The van der Waals surface area contributed by atoms with Gasteiger partial charge in [-0.25, -0.2) is 4.98 Å². The number of hydrogen-bond donors (Lipinski definition) is 1. The molecule has 0 radical (unpaired) electrons. The highest BCUT2D eigenvalue weighted by Gasteiger charge is 2.15. The first-order chi connectivity index (χ1) is 10.3. The predicted molar refractivity (Wildman–Crippen MR) is 72.1 cm³/mol. The third-order valence-corrected chi connectivity index (χ3v) is 2.94. The summed E-state index contributed by atoms with van der Waals surface area (Å²) in [6.45, 7) is 1.91. The first-order valence-electron chi connectivity index (χ1n) is 6.29. The Kier molecular flexibility index (Phi) is 3.46. The lowest BCUT2D eigenvalue weighted by molar-refractivity contribution is 0.0949. The fourth-order valence-corrected chi connectivity index (χ4v) is 1.89. The standard InChI is InChI=1S/C14H12N4O3/c1-9-10(7-18-21-9)14(19)17-8-11-13(16-5-4-15-11)12-3-2-6-20-12/h2-7H,8H2,1H3,(H,17,19). The van der Waals surface area contributed by atoms with Crippen molar-refractivity contribution in [1.29, 1.82) is 0 Å². The van der Waals surface area contributed by atoms with Crippen LogP contribution in [0.4, 0.5) is 0 Å². The van der Waals surface area contributed by atoms with Crippen LogP contribution in [0.2, 0.25) is 0 Å². The second-order valence-electron chi connectivity index (χ2n) is 4.31. The molecule has 0 fully saturated rings. The minimum Gasteiger partial charge on any atom is -0.463 e. The van der Waals surface area contributed by atoms with Gasteiger partial charge >= 0.3 is 0 Å². The highest BCUT2D eigenvalue weighted by atomic mass is 16.5. The molecule has 3 aromatic heterocycles. The van der Waals surface area contributed by atoms with E-state index in [1.807, 2.05) is 0 Å². The van der Waals surface area contributed by atoms with E-state index in [-0.39, 0.29) is 12.5 Å². The molecule has 7 heteroatoms. The van der Waals surface area contributed by atoms with Gasteiger partial charge in [0, 0.05) is 12.4 Å². The fourth-order valence-electron chi connectivity index (χ4n) is 1.89. The van der Waals surface area contributed by atoms with Crippen molar-refractivity contribution >= 4 is 5.91 Å². The van der Waals surface area contributed by atoms with Crippen molar-refractivity contribution in [1.82, 2.24) is 20.4 Å². The number of aromatic nitrogens is 3. The molecule has 3 heterocycles. The quantitative estimate of drug-likeness (QED) is 0.787. The molecule has 0 aromatic carbocycles. The summed E-state index contributed by atoms with van der Waals surface area (Å²) in [5.74, 6) is 0.802. The molecule has 0 aliphatic carbocycles. The number of aryl methyl sites for hydroxylation is 1. The summed E-state index contributed by atoms with van der Waals surface area (Å²) >= 11 is 0. The molecular formula is C14H12N4O3. The summed E-state index contributed by atoms with van der Waals surface area (Å²) in [5, 5.41) is 6.34. The van der Waals surface area contributed by atoms with Crippen LogP contribution in [-0.4, -0.2) is 21.0 Å². The molecule has 0 atom stereocenters. The molecule has 0 aliphatic heterocycles. The largest absolute Gasteiger partial charge is 0.463 e. The van der Waals surface area contributed by atoms with E-state index in [1.54, 1.807) is 37.7 Å². The molecule has 0 bridgehead atoms. The Labute approximate surface area is 120 Å². The lowest BCUT2D eigenvalue weighted by Crippen LogP contribution is -2.24. The SMILES string of the molecule is Cc1oncc1C(=O)NCc1nccnc1-c1ccco1. The lowest BCUT2D eigenvalue weighted by atomic mass is 10.2. The van der Waals surface area contributed by atoms with Crippen molar-refractivity contribution in [3.05, 3.63) is 54.0 Å². The zero-order valence-electron chi connectivity index (χ0n) is 11.2. The predicted octanol–water partition coefficient (Wildman–Crippen LogP) is 1.96. The normalized spacial score (nSPS) is 10.5. The van der Waals surface area contributed by atoms with Crippen LogP contribution in [0.3, 0.4) is 0 Å². The summed E-state index contributed by atoms with van der Waals surface area (Å²) in [6, 6.07) is 3.56. The van der Waals surface area contributed by atoms with Crippen LogP contribution in [0, 0.1) is 6.92 Å². The first-order valence-corrected chi connectivity index (χ1v) is 6.29. The molecule has 1 amide bonds. The Balaban J connectivity index is 1.77. The van der Waals surface area contributed by atoms with Crippen LogP contribution in [0.15, 0.2) is 45.9 Å². The van der Waals surface area contributed by atoms with Gasteiger partial charge in [0.2, 0.25) is 0 Å². The number of carbonyl (C=O) groups is 1. The maximum Gasteiger partial charge on any atom is 0.256 e. The van der Waals surface area contributed by atoms with Gasteiger partial charge in [-0.15, -0.1) is 0 Å². The number of nitrogens with zero attached hydrogens (tertiary/aromatic N) is 3. The van der Waals surface area contributed by atoms with E-state index in [0.717, 1.165) is 0 Å². The Hall–Kier alpha value is -2.96. The summed E-state index contributed by atoms with van der Waals surface area (Å²) in [4.78, 5) is 20.5. The number of nitrogens with one attached hydrogen (secondary N) is 1. The number of amides is 1. The van der Waals surface area contributed by atoms with Crippen LogP contribution in [0.25, 0.3) is 11.5 Å². The smallest absolute Gasteiger partial charge is 0.256 e. The van der Waals surface area contributed by atoms with Gasteiger partial charge in [0.1, 0.15) is 17.0 Å². The zero-order chi connectivity index (χ0) is 14.7. The molecule has 1 N–H and O–H groups in total. The Bertz CT molecular complexity index is 749. The number of carbonyl (C=O) groups excluding carboxylic acids is 1. The zero-order valence-corrected chi connectivity index (χ0v) is 11.2. The number of rotatable bonds is 4. The van der Waals surface area contributed by atoms with Crippen molar-refractivity contribution < 1.29 is 13.7 Å². The molecule has 0 saturated carbocycles. The highest BCUT2D eigenvalue weighted by molar-refractivity contribution is 5.94. The van der Waals surface area contributed by atoms with E-state index in [1.165, 1.54) is 6.20 Å². The summed E-state index contributed by atoms with van der Waals surface area (Å²) in [5.41, 5.74) is 1.62. The second kappa shape index (κ2) is 5.58. The van der Waals surface area contributed by atoms with Gasteiger partial charge in [-0.2, -0.15) is 0 Å². The fraction of sp³-hybridized carbons (Fsp3) is 0.143. The molecule has 0 saturated heterocycles. The average molecular weight is 284 g/mol. The van der Waals surface area contributed by atoms with Crippen LogP contribution >= 0.6 is 0 Å². The molecular weight excluding hydrogens is 272 g/mol.